The molecular weight excluding hydrogens is 331 g/mol. The minimum Gasteiger partial charge on any atom is -0.494 e. The number of rotatable bonds is 6. The van der Waals surface area contributed by atoms with Crippen LogP contribution in [0.2, 0.25) is 0 Å². The summed E-state index contributed by atoms with van der Waals surface area (Å²) in [7, 11) is 3.60. The first-order valence-corrected chi connectivity index (χ1v) is 9.24. The van der Waals surface area contributed by atoms with Gasteiger partial charge in [0.2, 0.25) is 0 Å². The maximum atomic E-state index is 13.9. The van der Waals surface area contributed by atoms with E-state index in [2.05, 4.69) is 21.8 Å². The Morgan fingerprint density at radius 3 is 2.85 bits per heavy atom. The molecule has 1 atom stereocenters. The van der Waals surface area contributed by atoms with Crippen molar-refractivity contribution in [3.05, 3.63) is 47.7 Å². The molecule has 2 aliphatic rings. The summed E-state index contributed by atoms with van der Waals surface area (Å²) in [6.07, 6.45) is 5.38. The summed E-state index contributed by atoms with van der Waals surface area (Å²) in [5, 5.41) is 0. The largest absolute Gasteiger partial charge is 0.494 e. The molecule has 2 aromatic rings. The van der Waals surface area contributed by atoms with Gasteiger partial charge in [0.05, 0.1) is 7.11 Å². The smallest absolute Gasteiger partial charge is 0.165 e. The number of hydrogen-bond acceptors (Lipinski definition) is 5. The highest BCUT2D eigenvalue weighted by Gasteiger charge is 2.29. The Balaban J connectivity index is 1.38. The summed E-state index contributed by atoms with van der Waals surface area (Å²) in [4.78, 5) is 13.8. The third kappa shape index (κ3) is 3.65. The minimum atomic E-state index is -0.300. The maximum Gasteiger partial charge on any atom is 0.165 e. The number of aromatic nitrogens is 2. The number of likely N-dealkylation sites (N-methyl/N-ethyl adjacent to an activating group) is 1. The summed E-state index contributed by atoms with van der Waals surface area (Å²) in [6.45, 7) is 2.71. The van der Waals surface area contributed by atoms with Crippen LogP contribution in [0.4, 0.5) is 10.2 Å². The highest BCUT2D eigenvalue weighted by atomic mass is 19.1. The Labute approximate surface area is 153 Å². The van der Waals surface area contributed by atoms with E-state index in [0.717, 1.165) is 43.3 Å². The number of benzene rings is 1. The molecule has 1 saturated heterocycles. The Morgan fingerprint density at radius 1 is 1.27 bits per heavy atom. The topological polar surface area (TPSA) is 41.5 Å². The van der Waals surface area contributed by atoms with Gasteiger partial charge in [0.1, 0.15) is 11.6 Å². The first kappa shape index (κ1) is 17.2. The van der Waals surface area contributed by atoms with Crippen molar-refractivity contribution < 1.29 is 9.13 Å². The molecular formula is C20H25FN4O. The normalized spacial score (nSPS) is 20.3. The highest BCUT2D eigenvalue weighted by molar-refractivity contribution is 5.39. The molecule has 1 aromatic heterocycles. The van der Waals surface area contributed by atoms with E-state index < -0.39 is 0 Å². The minimum absolute atomic E-state index is 0.294. The molecule has 2 heterocycles. The molecule has 0 spiro atoms. The number of methoxy groups -OCH3 is 1. The van der Waals surface area contributed by atoms with Crippen LogP contribution >= 0.6 is 0 Å². The summed E-state index contributed by atoms with van der Waals surface area (Å²) < 4.78 is 18.9. The quantitative estimate of drug-likeness (QED) is 0.795. The number of anilines is 1. The first-order chi connectivity index (χ1) is 12.6. The number of ether oxygens (including phenoxy) is 1. The van der Waals surface area contributed by atoms with E-state index in [1.807, 2.05) is 18.3 Å². The molecule has 4 rings (SSSR count). The van der Waals surface area contributed by atoms with Gasteiger partial charge < -0.3 is 9.64 Å². The van der Waals surface area contributed by atoms with Gasteiger partial charge >= 0.3 is 0 Å². The van der Waals surface area contributed by atoms with E-state index in [4.69, 9.17) is 9.72 Å². The average molecular weight is 356 g/mol. The van der Waals surface area contributed by atoms with E-state index in [-0.39, 0.29) is 5.82 Å². The fourth-order valence-electron chi connectivity index (χ4n) is 3.62. The molecule has 5 nitrogen and oxygen atoms in total. The van der Waals surface area contributed by atoms with E-state index >= 15 is 0 Å². The Morgan fingerprint density at radius 2 is 2.12 bits per heavy atom. The van der Waals surface area contributed by atoms with E-state index in [1.165, 1.54) is 20.0 Å². The van der Waals surface area contributed by atoms with Gasteiger partial charge in [-0.15, -0.1) is 0 Å². The molecule has 6 heteroatoms. The SMILES string of the molecule is COc1ccc(CN2CCC(N(C)c3ccnc(C4CC4)n3)C2)cc1F. The van der Waals surface area contributed by atoms with Gasteiger partial charge in [0, 0.05) is 44.8 Å². The molecule has 0 N–H and O–H groups in total. The zero-order valence-electron chi connectivity index (χ0n) is 15.4. The van der Waals surface area contributed by atoms with Crippen molar-refractivity contribution in [3.63, 3.8) is 0 Å². The number of halogens is 1. The number of nitrogens with zero attached hydrogens (tertiary/aromatic N) is 4. The molecule has 2 fully saturated rings. The molecule has 138 valence electrons. The lowest BCUT2D eigenvalue weighted by atomic mass is 10.2. The molecule has 0 radical (unpaired) electrons. The fraction of sp³-hybridized carbons (Fsp3) is 0.500. The molecule has 1 unspecified atom stereocenters. The number of hydrogen-bond donors (Lipinski definition) is 0. The highest BCUT2D eigenvalue weighted by Crippen LogP contribution is 2.38. The van der Waals surface area contributed by atoms with Gasteiger partial charge in [0.25, 0.3) is 0 Å². The van der Waals surface area contributed by atoms with Gasteiger partial charge in [-0.1, -0.05) is 6.07 Å². The summed E-state index contributed by atoms with van der Waals surface area (Å²) in [6, 6.07) is 7.62. The van der Waals surface area contributed by atoms with Crippen LogP contribution in [0.25, 0.3) is 0 Å². The molecule has 26 heavy (non-hydrogen) atoms. The zero-order valence-corrected chi connectivity index (χ0v) is 15.4. The van der Waals surface area contributed by atoms with E-state index in [0.29, 0.717) is 17.7 Å². The second kappa shape index (κ2) is 7.19. The number of likely N-dealkylation sites (tertiary alicyclic amines) is 1. The van der Waals surface area contributed by atoms with Crippen LogP contribution in [0.1, 0.15) is 36.6 Å². The summed E-state index contributed by atoms with van der Waals surface area (Å²) in [5.74, 6) is 2.55. The molecule has 1 aliphatic carbocycles. The van der Waals surface area contributed by atoms with E-state index in [9.17, 15) is 4.39 Å². The zero-order chi connectivity index (χ0) is 18.1. The molecule has 0 amide bonds. The second-order valence-corrected chi connectivity index (χ2v) is 7.30. The lowest BCUT2D eigenvalue weighted by Gasteiger charge is -2.26. The van der Waals surface area contributed by atoms with Gasteiger partial charge in [-0.25, -0.2) is 14.4 Å². The Bertz CT molecular complexity index is 780. The monoisotopic (exact) mass is 356 g/mol. The van der Waals surface area contributed by atoms with Gasteiger partial charge in [0.15, 0.2) is 11.6 Å². The van der Waals surface area contributed by atoms with Crippen LogP contribution in [-0.4, -0.2) is 48.2 Å². The molecule has 1 aliphatic heterocycles. The molecule has 0 bridgehead atoms. The van der Waals surface area contributed by atoms with Crippen LogP contribution in [0.15, 0.2) is 30.5 Å². The van der Waals surface area contributed by atoms with Crippen molar-refractivity contribution in [3.8, 4) is 5.75 Å². The molecule has 1 saturated carbocycles. The standard InChI is InChI=1S/C20H25FN4O/c1-24(19-7-9-22-20(23-19)15-4-5-15)16-8-10-25(13-16)12-14-3-6-18(26-2)17(21)11-14/h3,6-7,9,11,15-16H,4-5,8,10,12-13H2,1-2H3. The van der Waals surface area contributed by atoms with Gasteiger partial charge in [-0.05, 0) is 43.0 Å². The van der Waals surface area contributed by atoms with Crippen molar-refractivity contribution in [2.24, 2.45) is 0 Å². The second-order valence-electron chi connectivity index (χ2n) is 7.30. The van der Waals surface area contributed by atoms with Crippen molar-refractivity contribution in [2.45, 2.75) is 37.8 Å². The summed E-state index contributed by atoms with van der Waals surface area (Å²) >= 11 is 0. The van der Waals surface area contributed by atoms with Crippen LogP contribution in [0, 0.1) is 5.82 Å². The lowest BCUT2D eigenvalue weighted by Crippen LogP contribution is -2.35. The predicted octanol–water partition coefficient (Wildman–Crippen LogP) is 3.21. The predicted molar refractivity (Wildman–Crippen MR) is 99.0 cm³/mol. The van der Waals surface area contributed by atoms with Gasteiger partial charge in [-0.2, -0.15) is 0 Å². The third-order valence-electron chi connectivity index (χ3n) is 5.38. The molecule has 1 aromatic carbocycles. The summed E-state index contributed by atoms with van der Waals surface area (Å²) in [5.41, 5.74) is 0.977. The van der Waals surface area contributed by atoms with Crippen LogP contribution in [0.3, 0.4) is 0 Å². The van der Waals surface area contributed by atoms with Crippen molar-refractivity contribution in [1.82, 2.24) is 14.9 Å². The van der Waals surface area contributed by atoms with Crippen LogP contribution in [-0.2, 0) is 6.54 Å². The van der Waals surface area contributed by atoms with Crippen molar-refractivity contribution in [2.75, 3.05) is 32.1 Å². The fourth-order valence-corrected chi connectivity index (χ4v) is 3.62. The van der Waals surface area contributed by atoms with Gasteiger partial charge in [-0.3, -0.25) is 4.90 Å². The van der Waals surface area contributed by atoms with E-state index in [1.54, 1.807) is 12.1 Å². The van der Waals surface area contributed by atoms with Crippen LogP contribution < -0.4 is 9.64 Å². The first-order valence-electron chi connectivity index (χ1n) is 9.24. The lowest BCUT2D eigenvalue weighted by molar-refractivity contribution is 0.324. The Hall–Kier alpha value is -2.21. The van der Waals surface area contributed by atoms with Crippen LogP contribution in [0.5, 0.6) is 5.75 Å². The van der Waals surface area contributed by atoms with Crippen molar-refractivity contribution in [1.29, 1.82) is 0 Å². The van der Waals surface area contributed by atoms with Crippen molar-refractivity contribution >= 4 is 5.82 Å². The Kier molecular flexibility index (Phi) is 4.76. The maximum absolute atomic E-state index is 13.9. The third-order valence-corrected chi connectivity index (χ3v) is 5.38. The average Bonchev–Trinajstić information content (AvgIpc) is 3.41.